The standard InChI is InChI=1S/C10H8FNO/c1-13-9-6-7-4-2-3-5-8(7)10(11)12-9/h2-6H,1H3. The average Bonchev–Trinajstić information content (AvgIpc) is 2.18. The molecule has 0 amide bonds. The summed E-state index contributed by atoms with van der Waals surface area (Å²) >= 11 is 0. The molecule has 66 valence electrons. The van der Waals surface area contributed by atoms with Crippen molar-refractivity contribution in [2.45, 2.75) is 0 Å². The van der Waals surface area contributed by atoms with Gasteiger partial charge in [0.25, 0.3) is 0 Å². The van der Waals surface area contributed by atoms with E-state index in [1.54, 1.807) is 18.2 Å². The Kier molecular flexibility index (Phi) is 1.85. The van der Waals surface area contributed by atoms with Gasteiger partial charge in [-0.05, 0) is 11.5 Å². The van der Waals surface area contributed by atoms with E-state index in [0.29, 0.717) is 11.3 Å². The SMILES string of the molecule is COc1cc2ccccc2c(F)n1. The van der Waals surface area contributed by atoms with Gasteiger partial charge < -0.3 is 4.74 Å². The first-order valence-corrected chi connectivity index (χ1v) is 3.90. The molecule has 0 aliphatic carbocycles. The minimum absolute atomic E-state index is 0.302. The van der Waals surface area contributed by atoms with Crippen LogP contribution in [0.2, 0.25) is 0 Å². The van der Waals surface area contributed by atoms with Crippen molar-refractivity contribution in [1.82, 2.24) is 4.98 Å². The summed E-state index contributed by atoms with van der Waals surface area (Å²) in [6.45, 7) is 0. The maximum absolute atomic E-state index is 13.2. The molecule has 2 nitrogen and oxygen atoms in total. The lowest BCUT2D eigenvalue weighted by atomic mass is 10.2. The number of halogens is 1. The molecule has 2 rings (SSSR count). The summed E-state index contributed by atoms with van der Waals surface area (Å²) in [5, 5.41) is 1.31. The van der Waals surface area contributed by atoms with Gasteiger partial charge in [0, 0.05) is 11.5 Å². The number of ether oxygens (including phenoxy) is 1. The Morgan fingerprint density at radius 3 is 2.85 bits per heavy atom. The molecule has 0 N–H and O–H groups in total. The number of methoxy groups -OCH3 is 1. The zero-order valence-electron chi connectivity index (χ0n) is 7.12. The molecule has 1 aromatic carbocycles. The van der Waals surface area contributed by atoms with Crippen LogP contribution in [-0.2, 0) is 0 Å². The predicted molar refractivity (Wildman–Crippen MR) is 48.3 cm³/mol. The van der Waals surface area contributed by atoms with Crippen molar-refractivity contribution in [3.8, 4) is 5.88 Å². The molecule has 0 atom stereocenters. The molecule has 0 saturated carbocycles. The van der Waals surface area contributed by atoms with E-state index in [0.717, 1.165) is 5.39 Å². The van der Waals surface area contributed by atoms with Gasteiger partial charge in [0.2, 0.25) is 11.8 Å². The third-order valence-corrected chi connectivity index (χ3v) is 1.88. The van der Waals surface area contributed by atoms with Crippen LogP contribution in [0.15, 0.2) is 30.3 Å². The summed E-state index contributed by atoms with van der Waals surface area (Å²) in [6.07, 6.45) is 0. The molecule has 13 heavy (non-hydrogen) atoms. The Balaban J connectivity index is 2.77. The van der Waals surface area contributed by atoms with Gasteiger partial charge in [-0.3, -0.25) is 0 Å². The number of rotatable bonds is 1. The summed E-state index contributed by atoms with van der Waals surface area (Å²) < 4.78 is 18.1. The highest BCUT2D eigenvalue weighted by molar-refractivity contribution is 5.82. The monoisotopic (exact) mass is 177 g/mol. The highest BCUT2D eigenvalue weighted by Gasteiger charge is 2.03. The molecule has 0 unspecified atom stereocenters. The normalized spacial score (nSPS) is 10.3. The lowest BCUT2D eigenvalue weighted by Crippen LogP contribution is -1.91. The van der Waals surface area contributed by atoms with Crippen LogP contribution in [0.4, 0.5) is 4.39 Å². The first kappa shape index (κ1) is 7.98. The van der Waals surface area contributed by atoms with Crippen molar-refractivity contribution in [3.63, 3.8) is 0 Å². The van der Waals surface area contributed by atoms with Gasteiger partial charge in [0.15, 0.2) is 0 Å². The molecule has 0 radical (unpaired) electrons. The summed E-state index contributed by atoms with van der Waals surface area (Å²) in [5.41, 5.74) is 0. The summed E-state index contributed by atoms with van der Waals surface area (Å²) in [7, 11) is 1.47. The van der Waals surface area contributed by atoms with Crippen molar-refractivity contribution < 1.29 is 9.13 Å². The molecule has 0 bridgehead atoms. The molecular formula is C10H8FNO. The minimum atomic E-state index is -0.491. The number of aromatic nitrogens is 1. The number of nitrogens with zero attached hydrogens (tertiary/aromatic N) is 1. The van der Waals surface area contributed by atoms with Crippen molar-refractivity contribution in [2.24, 2.45) is 0 Å². The third-order valence-electron chi connectivity index (χ3n) is 1.88. The highest BCUT2D eigenvalue weighted by Crippen LogP contribution is 2.20. The van der Waals surface area contributed by atoms with E-state index in [-0.39, 0.29) is 0 Å². The lowest BCUT2D eigenvalue weighted by Gasteiger charge is -2.01. The zero-order chi connectivity index (χ0) is 9.26. The number of pyridine rings is 1. The third kappa shape index (κ3) is 1.33. The maximum atomic E-state index is 13.2. The van der Waals surface area contributed by atoms with E-state index in [4.69, 9.17) is 4.74 Å². The molecule has 1 aromatic heterocycles. The topological polar surface area (TPSA) is 22.1 Å². The van der Waals surface area contributed by atoms with Gasteiger partial charge in [-0.1, -0.05) is 18.2 Å². The predicted octanol–water partition coefficient (Wildman–Crippen LogP) is 2.38. The molecule has 1 heterocycles. The zero-order valence-corrected chi connectivity index (χ0v) is 7.12. The fourth-order valence-electron chi connectivity index (χ4n) is 1.24. The fraction of sp³-hybridized carbons (Fsp3) is 0.100. The number of benzene rings is 1. The van der Waals surface area contributed by atoms with Crippen molar-refractivity contribution in [3.05, 3.63) is 36.3 Å². The Bertz CT molecular complexity index is 442. The average molecular weight is 177 g/mol. The number of hydrogen-bond acceptors (Lipinski definition) is 2. The second kappa shape index (κ2) is 3.01. The molecule has 2 aromatic rings. The maximum Gasteiger partial charge on any atom is 0.224 e. The Morgan fingerprint density at radius 1 is 1.31 bits per heavy atom. The van der Waals surface area contributed by atoms with Crippen LogP contribution < -0.4 is 4.74 Å². The second-order valence-electron chi connectivity index (χ2n) is 2.68. The van der Waals surface area contributed by atoms with E-state index in [9.17, 15) is 4.39 Å². The van der Waals surface area contributed by atoms with Crippen LogP contribution in [0.3, 0.4) is 0 Å². The Hall–Kier alpha value is -1.64. The van der Waals surface area contributed by atoms with Gasteiger partial charge in [0.05, 0.1) is 7.11 Å². The van der Waals surface area contributed by atoms with Gasteiger partial charge in [0.1, 0.15) is 0 Å². The first-order valence-electron chi connectivity index (χ1n) is 3.90. The Labute approximate surface area is 75.0 Å². The summed E-state index contributed by atoms with van der Waals surface area (Å²) in [4.78, 5) is 3.63. The quantitative estimate of drug-likeness (QED) is 0.624. The molecule has 0 spiro atoms. The van der Waals surface area contributed by atoms with E-state index < -0.39 is 5.95 Å². The molecule has 3 heteroatoms. The smallest absolute Gasteiger partial charge is 0.224 e. The van der Waals surface area contributed by atoms with Crippen LogP contribution in [0.5, 0.6) is 5.88 Å². The van der Waals surface area contributed by atoms with E-state index in [2.05, 4.69) is 4.98 Å². The lowest BCUT2D eigenvalue weighted by molar-refractivity contribution is 0.389. The number of hydrogen-bond donors (Lipinski definition) is 0. The van der Waals surface area contributed by atoms with Crippen molar-refractivity contribution >= 4 is 10.8 Å². The van der Waals surface area contributed by atoms with E-state index >= 15 is 0 Å². The van der Waals surface area contributed by atoms with Crippen LogP contribution >= 0.6 is 0 Å². The largest absolute Gasteiger partial charge is 0.481 e. The van der Waals surface area contributed by atoms with Gasteiger partial charge in [-0.25, -0.2) is 0 Å². The second-order valence-corrected chi connectivity index (χ2v) is 2.68. The minimum Gasteiger partial charge on any atom is -0.481 e. The van der Waals surface area contributed by atoms with Gasteiger partial charge in [-0.2, -0.15) is 9.37 Å². The van der Waals surface area contributed by atoms with Crippen LogP contribution in [0, 0.1) is 5.95 Å². The van der Waals surface area contributed by atoms with Crippen molar-refractivity contribution in [1.29, 1.82) is 0 Å². The van der Waals surface area contributed by atoms with E-state index in [1.807, 2.05) is 12.1 Å². The molecule has 0 aliphatic heterocycles. The summed E-state index contributed by atoms with van der Waals surface area (Å²) in [5.74, 6) is -0.189. The van der Waals surface area contributed by atoms with Gasteiger partial charge >= 0.3 is 0 Å². The Morgan fingerprint density at radius 2 is 2.08 bits per heavy atom. The van der Waals surface area contributed by atoms with Crippen LogP contribution in [0.25, 0.3) is 10.8 Å². The van der Waals surface area contributed by atoms with Crippen LogP contribution in [-0.4, -0.2) is 12.1 Å². The summed E-state index contributed by atoms with van der Waals surface area (Å²) in [6, 6.07) is 8.85. The molecule has 0 saturated heterocycles. The molecule has 0 fully saturated rings. The van der Waals surface area contributed by atoms with Crippen molar-refractivity contribution in [2.75, 3.05) is 7.11 Å². The van der Waals surface area contributed by atoms with Crippen LogP contribution in [0.1, 0.15) is 0 Å². The highest BCUT2D eigenvalue weighted by atomic mass is 19.1. The van der Waals surface area contributed by atoms with Gasteiger partial charge in [-0.15, -0.1) is 0 Å². The molecule has 0 aliphatic rings. The molecular weight excluding hydrogens is 169 g/mol. The fourth-order valence-corrected chi connectivity index (χ4v) is 1.24. The number of fused-ring (bicyclic) bond motifs is 1. The first-order chi connectivity index (χ1) is 6.31. The van der Waals surface area contributed by atoms with E-state index in [1.165, 1.54) is 7.11 Å².